The van der Waals surface area contributed by atoms with Crippen LogP contribution < -0.4 is 10.9 Å². The lowest BCUT2D eigenvalue weighted by Crippen LogP contribution is -2.31. The Kier molecular flexibility index (Phi) is 4.85. The predicted molar refractivity (Wildman–Crippen MR) is 90.0 cm³/mol. The molecule has 0 saturated heterocycles. The lowest BCUT2D eigenvalue weighted by atomic mass is 10.3. The van der Waals surface area contributed by atoms with Gasteiger partial charge in [0.1, 0.15) is 0 Å². The van der Waals surface area contributed by atoms with Crippen molar-refractivity contribution in [2.75, 3.05) is 6.54 Å². The summed E-state index contributed by atoms with van der Waals surface area (Å²) in [6.45, 7) is 2.58. The minimum absolute atomic E-state index is 0.127. The third-order valence-corrected chi connectivity index (χ3v) is 4.33. The van der Waals surface area contributed by atoms with Crippen LogP contribution in [0, 0.1) is 0 Å². The zero-order valence-corrected chi connectivity index (χ0v) is 13.9. The molecule has 3 rings (SSSR count). The van der Waals surface area contributed by atoms with E-state index in [1.165, 1.54) is 28.3 Å². The normalized spacial score (nSPS) is 10.7. The van der Waals surface area contributed by atoms with Gasteiger partial charge in [-0.05, 0) is 17.9 Å². The molecular formula is C16H16N4O3S. The maximum Gasteiger partial charge on any atom is 0.273 e. The molecule has 24 heavy (non-hydrogen) atoms. The van der Waals surface area contributed by atoms with E-state index in [-0.39, 0.29) is 17.2 Å². The molecule has 0 atom stereocenters. The highest BCUT2D eigenvalue weighted by atomic mass is 32.1. The van der Waals surface area contributed by atoms with E-state index in [9.17, 15) is 9.59 Å². The first-order valence-corrected chi connectivity index (χ1v) is 8.39. The van der Waals surface area contributed by atoms with Crippen LogP contribution in [0.3, 0.4) is 0 Å². The average Bonchev–Trinajstić information content (AvgIpc) is 3.27. The Balaban J connectivity index is 1.57. The van der Waals surface area contributed by atoms with Crippen LogP contribution in [-0.4, -0.2) is 27.2 Å². The lowest BCUT2D eigenvalue weighted by Gasteiger charge is -2.06. The second-order valence-corrected chi connectivity index (χ2v) is 6.02. The van der Waals surface area contributed by atoms with E-state index in [0.717, 1.165) is 10.6 Å². The summed E-state index contributed by atoms with van der Waals surface area (Å²) in [6.07, 6.45) is 2.21. The highest BCUT2D eigenvalue weighted by molar-refractivity contribution is 7.13. The smallest absolute Gasteiger partial charge is 0.273 e. The van der Waals surface area contributed by atoms with Crippen molar-refractivity contribution in [2.24, 2.45) is 0 Å². The van der Waals surface area contributed by atoms with Gasteiger partial charge in [0.2, 0.25) is 0 Å². The quantitative estimate of drug-likeness (QED) is 0.738. The fourth-order valence-corrected chi connectivity index (χ4v) is 2.80. The molecule has 0 fully saturated rings. The summed E-state index contributed by atoms with van der Waals surface area (Å²) in [4.78, 5) is 29.0. The molecule has 0 bridgehead atoms. The molecule has 0 aliphatic rings. The lowest BCUT2D eigenvalue weighted by molar-refractivity contribution is 0.0943. The fraction of sp³-hybridized carbons (Fsp3) is 0.250. The number of nitrogens with one attached hydrogen (secondary N) is 1. The Hall–Kier alpha value is -2.74. The van der Waals surface area contributed by atoms with Crippen LogP contribution in [0.5, 0.6) is 0 Å². The Morgan fingerprint density at radius 1 is 1.42 bits per heavy atom. The molecule has 1 amide bonds. The van der Waals surface area contributed by atoms with Gasteiger partial charge in [-0.25, -0.2) is 4.98 Å². The van der Waals surface area contributed by atoms with Crippen molar-refractivity contribution in [1.29, 1.82) is 0 Å². The molecule has 124 valence electrons. The van der Waals surface area contributed by atoms with Gasteiger partial charge in [-0.1, -0.05) is 18.1 Å². The molecule has 0 aliphatic carbocycles. The number of carbonyl (C=O) groups is 1. The summed E-state index contributed by atoms with van der Waals surface area (Å²) in [5.41, 5.74) is 0.840. The van der Waals surface area contributed by atoms with Crippen LogP contribution in [0.25, 0.3) is 10.6 Å². The SMILES string of the molecule is CCc1cc(=O)n(CCNC(=O)c2cc(-c3cccs3)on2)cn1. The molecular weight excluding hydrogens is 328 g/mol. The molecule has 8 heteroatoms. The van der Waals surface area contributed by atoms with Crippen molar-refractivity contribution >= 4 is 17.2 Å². The van der Waals surface area contributed by atoms with E-state index >= 15 is 0 Å². The van der Waals surface area contributed by atoms with E-state index in [2.05, 4.69) is 15.5 Å². The number of thiophene rings is 1. The zero-order valence-electron chi connectivity index (χ0n) is 13.1. The van der Waals surface area contributed by atoms with Gasteiger partial charge in [-0.15, -0.1) is 11.3 Å². The number of carbonyl (C=O) groups excluding carboxylic acids is 1. The molecule has 3 aromatic rings. The molecule has 7 nitrogen and oxygen atoms in total. The molecule has 0 aromatic carbocycles. The van der Waals surface area contributed by atoms with Gasteiger partial charge < -0.3 is 9.84 Å². The minimum atomic E-state index is -0.340. The summed E-state index contributed by atoms with van der Waals surface area (Å²) in [6, 6.07) is 6.90. The van der Waals surface area contributed by atoms with Gasteiger partial charge in [0.05, 0.1) is 11.2 Å². The fourth-order valence-electron chi connectivity index (χ4n) is 2.12. The monoisotopic (exact) mass is 344 g/mol. The van der Waals surface area contributed by atoms with Gasteiger partial charge in [-0.2, -0.15) is 0 Å². The van der Waals surface area contributed by atoms with Crippen molar-refractivity contribution in [3.63, 3.8) is 0 Å². The minimum Gasteiger partial charge on any atom is -0.355 e. The molecule has 0 saturated carbocycles. The van der Waals surface area contributed by atoms with Crippen LogP contribution in [0.15, 0.2) is 45.3 Å². The first kappa shape index (κ1) is 16.1. The number of aromatic nitrogens is 3. The van der Waals surface area contributed by atoms with Crippen molar-refractivity contribution < 1.29 is 9.32 Å². The van der Waals surface area contributed by atoms with Crippen LogP contribution in [0.2, 0.25) is 0 Å². The van der Waals surface area contributed by atoms with Crippen molar-refractivity contribution in [2.45, 2.75) is 19.9 Å². The van der Waals surface area contributed by atoms with Gasteiger partial charge in [-0.3, -0.25) is 14.2 Å². The molecule has 1 N–H and O–H groups in total. The van der Waals surface area contributed by atoms with Gasteiger partial charge in [0.15, 0.2) is 11.5 Å². The first-order chi connectivity index (χ1) is 11.7. The number of amides is 1. The number of rotatable bonds is 6. The average molecular weight is 344 g/mol. The molecule has 0 unspecified atom stereocenters. The van der Waals surface area contributed by atoms with E-state index in [1.807, 2.05) is 24.4 Å². The summed E-state index contributed by atoms with van der Waals surface area (Å²) in [5, 5.41) is 8.42. The second kappa shape index (κ2) is 7.22. The Morgan fingerprint density at radius 2 is 2.29 bits per heavy atom. The van der Waals surface area contributed by atoms with Gasteiger partial charge in [0.25, 0.3) is 11.5 Å². The third kappa shape index (κ3) is 3.60. The van der Waals surface area contributed by atoms with Crippen molar-refractivity contribution in [3.8, 4) is 10.6 Å². The second-order valence-electron chi connectivity index (χ2n) is 5.08. The maximum absolute atomic E-state index is 12.1. The highest BCUT2D eigenvalue weighted by Gasteiger charge is 2.13. The molecule has 3 aromatic heterocycles. The van der Waals surface area contributed by atoms with Gasteiger partial charge >= 0.3 is 0 Å². The van der Waals surface area contributed by atoms with E-state index < -0.39 is 0 Å². The summed E-state index contributed by atoms with van der Waals surface area (Å²) in [5.74, 6) is 0.221. The topological polar surface area (TPSA) is 90.0 Å². The van der Waals surface area contributed by atoms with E-state index in [0.29, 0.717) is 25.3 Å². The van der Waals surface area contributed by atoms with Gasteiger partial charge in [0, 0.05) is 30.9 Å². The Bertz CT molecular complexity index is 883. The first-order valence-electron chi connectivity index (χ1n) is 7.51. The van der Waals surface area contributed by atoms with Crippen molar-refractivity contribution in [3.05, 3.63) is 57.7 Å². The summed E-state index contributed by atoms with van der Waals surface area (Å²) in [7, 11) is 0. The van der Waals surface area contributed by atoms with E-state index in [1.54, 1.807) is 6.07 Å². The standard InChI is InChI=1S/C16H16N4O3S/c1-2-11-8-15(21)20(10-18-11)6-5-17-16(22)12-9-13(23-19-12)14-4-3-7-24-14/h3-4,7-10H,2,5-6H2,1H3,(H,17,22). The predicted octanol–water partition coefficient (Wildman–Crippen LogP) is 1.95. The van der Waals surface area contributed by atoms with Crippen LogP contribution >= 0.6 is 11.3 Å². The number of nitrogens with zero attached hydrogens (tertiary/aromatic N) is 3. The van der Waals surface area contributed by atoms with Crippen molar-refractivity contribution in [1.82, 2.24) is 20.0 Å². The number of hydrogen-bond donors (Lipinski definition) is 1. The molecule has 0 radical (unpaired) electrons. The molecule has 3 heterocycles. The number of aryl methyl sites for hydroxylation is 1. The summed E-state index contributed by atoms with van der Waals surface area (Å²) < 4.78 is 6.63. The molecule has 0 spiro atoms. The Morgan fingerprint density at radius 3 is 3.00 bits per heavy atom. The van der Waals surface area contributed by atoms with Crippen LogP contribution in [-0.2, 0) is 13.0 Å². The Labute approximate surface area is 141 Å². The highest BCUT2D eigenvalue weighted by Crippen LogP contribution is 2.24. The zero-order chi connectivity index (χ0) is 16.9. The number of hydrogen-bond acceptors (Lipinski definition) is 6. The third-order valence-electron chi connectivity index (χ3n) is 3.44. The maximum atomic E-state index is 12.1. The van der Waals surface area contributed by atoms with E-state index in [4.69, 9.17) is 4.52 Å². The largest absolute Gasteiger partial charge is 0.355 e. The van der Waals surface area contributed by atoms with Crippen LogP contribution in [0.1, 0.15) is 23.1 Å². The van der Waals surface area contributed by atoms with Crippen LogP contribution in [0.4, 0.5) is 0 Å². The molecule has 0 aliphatic heterocycles. The summed E-state index contributed by atoms with van der Waals surface area (Å²) >= 11 is 1.51.